The summed E-state index contributed by atoms with van der Waals surface area (Å²) in [6, 6.07) is 15.5. The molecule has 0 fully saturated rings. The molecule has 2 amide bonds. The Balaban J connectivity index is 1.66. The van der Waals surface area contributed by atoms with Crippen LogP contribution in [0.25, 0.3) is 0 Å². The van der Waals surface area contributed by atoms with E-state index >= 15 is 0 Å². The molecule has 3 aromatic carbocycles. The Hall–Kier alpha value is -4.24. The molecular weight excluding hydrogens is 510 g/mol. The third-order valence-electron chi connectivity index (χ3n) is 5.09. The Labute approximate surface area is 226 Å². The van der Waals surface area contributed by atoms with Gasteiger partial charge in [0.2, 0.25) is 0 Å². The van der Waals surface area contributed by atoms with Gasteiger partial charge in [0.05, 0.1) is 31.6 Å². The summed E-state index contributed by atoms with van der Waals surface area (Å²) >= 11 is 6.43. The number of halogens is 1. The number of amides is 2. The van der Waals surface area contributed by atoms with Gasteiger partial charge in [0, 0.05) is 11.3 Å². The minimum absolute atomic E-state index is 0.225. The number of hydrazone groups is 1. The van der Waals surface area contributed by atoms with Gasteiger partial charge in [0.25, 0.3) is 11.8 Å². The number of aryl methyl sites for hydroxylation is 1. The van der Waals surface area contributed by atoms with Crippen LogP contribution in [0.1, 0.15) is 35.3 Å². The van der Waals surface area contributed by atoms with Crippen LogP contribution in [0.3, 0.4) is 0 Å². The number of anilines is 1. The number of hydrogen-bond donors (Lipinski definition) is 2. The predicted molar refractivity (Wildman–Crippen MR) is 147 cm³/mol. The van der Waals surface area contributed by atoms with E-state index in [1.54, 1.807) is 36.4 Å². The van der Waals surface area contributed by atoms with Crippen LogP contribution in [0.2, 0.25) is 5.02 Å². The molecule has 0 atom stereocenters. The van der Waals surface area contributed by atoms with Gasteiger partial charge in [0.1, 0.15) is 0 Å². The van der Waals surface area contributed by atoms with Crippen LogP contribution in [0.15, 0.2) is 59.7 Å². The van der Waals surface area contributed by atoms with Gasteiger partial charge in [-0.3, -0.25) is 9.59 Å². The lowest BCUT2D eigenvalue weighted by atomic mass is 10.2. The lowest BCUT2D eigenvalue weighted by Gasteiger charge is -2.14. The molecule has 0 unspecified atom stereocenters. The molecule has 0 aromatic heterocycles. The van der Waals surface area contributed by atoms with E-state index in [9.17, 15) is 9.59 Å². The summed E-state index contributed by atoms with van der Waals surface area (Å²) in [5, 5.41) is 7.02. The number of nitrogens with zero attached hydrogens (tertiary/aromatic N) is 1. The van der Waals surface area contributed by atoms with E-state index in [2.05, 4.69) is 15.8 Å². The summed E-state index contributed by atoms with van der Waals surface area (Å²) < 4.78 is 22.1. The largest absolute Gasteiger partial charge is 0.493 e. The summed E-state index contributed by atoms with van der Waals surface area (Å²) in [5.41, 5.74) is 5.07. The van der Waals surface area contributed by atoms with Crippen LogP contribution >= 0.6 is 11.6 Å². The Kier molecular flexibility index (Phi) is 10.4. The first-order valence-electron chi connectivity index (χ1n) is 11.9. The third-order valence-corrected chi connectivity index (χ3v) is 5.37. The fourth-order valence-electron chi connectivity index (χ4n) is 3.44. The van der Waals surface area contributed by atoms with Crippen molar-refractivity contribution in [2.24, 2.45) is 5.10 Å². The van der Waals surface area contributed by atoms with Gasteiger partial charge in [-0.05, 0) is 74.4 Å². The second kappa shape index (κ2) is 13.9. The normalized spacial score (nSPS) is 10.7. The maximum atomic E-state index is 12.5. The second-order valence-electron chi connectivity index (χ2n) is 7.97. The van der Waals surface area contributed by atoms with Gasteiger partial charge < -0.3 is 24.3 Å². The first-order valence-corrected chi connectivity index (χ1v) is 12.3. The van der Waals surface area contributed by atoms with Gasteiger partial charge in [-0.25, -0.2) is 5.43 Å². The van der Waals surface area contributed by atoms with E-state index in [4.69, 9.17) is 30.5 Å². The molecule has 2 N–H and O–H groups in total. The van der Waals surface area contributed by atoms with Crippen LogP contribution in [0.4, 0.5) is 5.69 Å². The molecule has 38 heavy (non-hydrogen) atoms. The van der Waals surface area contributed by atoms with Crippen LogP contribution in [-0.2, 0) is 4.79 Å². The average molecular weight is 540 g/mol. The number of carbonyl (C=O) groups is 2. The topological polar surface area (TPSA) is 107 Å². The zero-order chi connectivity index (χ0) is 27.5. The smallest absolute Gasteiger partial charge is 0.271 e. The number of rotatable bonds is 12. The van der Waals surface area contributed by atoms with Gasteiger partial charge in [-0.2, -0.15) is 5.10 Å². The highest BCUT2D eigenvalue weighted by Gasteiger charge is 2.15. The number of hydrogen-bond acceptors (Lipinski definition) is 7. The zero-order valence-corrected chi connectivity index (χ0v) is 22.4. The molecule has 9 nitrogen and oxygen atoms in total. The molecular formula is C28H30ClN3O6. The van der Waals surface area contributed by atoms with Crippen molar-refractivity contribution in [3.8, 4) is 23.0 Å². The maximum Gasteiger partial charge on any atom is 0.271 e. The van der Waals surface area contributed by atoms with Gasteiger partial charge in [0.15, 0.2) is 29.6 Å². The molecule has 10 heteroatoms. The summed E-state index contributed by atoms with van der Waals surface area (Å²) in [4.78, 5) is 24.9. The van der Waals surface area contributed by atoms with Crippen LogP contribution < -0.4 is 29.7 Å². The number of nitrogens with one attached hydrogen (secondary N) is 2. The quantitative estimate of drug-likeness (QED) is 0.241. The number of ether oxygens (including phenoxy) is 4. The van der Waals surface area contributed by atoms with Crippen molar-refractivity contribution >= 4 is 35.3 Å². The van der Waals surface area contributed by atoms with Crippen LogP contribution in [0.5, 0.6) is 23.0 Å². The maximum absolute atomic E-state index is 12.5. The molecule has 0 aliphatic rings. The monoisotopic (exact) mass is 539 g/mol. The molecule has 0 radical (unpaired) electrons. The highest BCUT2D eigenvalue weighted by Crippen LogP contribution is 2.36. The Bertz CT molecular complexity index is 1310. The van der Waals surface area contributed by atoms with E-state index in [1.165, 1.54) is 13.3 Å². The molecule has 0 aliphatic carbocycles. The van der Waals surface area contributed by atoms with Crippen molar-refractivity contribution < 1.29 is 28.5 Å². The molecule has 0 bridgehead atoms. The van der Waals surface area contributed by atoms with E-state index in [-0.39, 0.29) is 23.3 Å². The van der Waals surface area contributed by atoms with Gasteiger partial charge in [-0.1, -0.05) is 23.7 Å². The van der Waals surface area contributed by atoms with Gasteiger partial charge >= 0.3 is 0 Å². The van der Waals surface area contributed by atoms with Gasteiger partial charge in [-0.15, -0.1) is 0 Å². The summed E-state index contributed by atoms with van der Waals surface area (Å²) in [6.07, 6.45) is 1.42. The third kappa shape index (κ3) is 7.88. The number of methoxy groups -OCH3 is 1. The molecule has 3 rings (SSSR count). The lowest BCUT2D eigenvalue weighted by molar-refractivity contribution is -0.118. The van der Waals surface area contributed by atoms with E-state index in [1.807, 2.05) is 39.0 Å². The molecule has 3 aromatic rings. The Morgan fingerprint density at radius 1 is 0.947 bits per heavy atom. The Morgan fingerprint density at radius 2 is 1.71 bits per heavy atom. The van der Waals surface area contributed by atoms with Crippen molar-refractivity contribution in [1.82, 2.24) is 5.43 Å². The van der Waals surface area contributed by atoms with E-state index < -0.39 is 5.91 Å². The fraction of sp³-hybridized carbons (Fsp3) is 0.250. The molecule has 0 saturated carbocycles. The number of carbonyl (C=O) groups excluding carboxylic acids is 2. The number of benzene rings is 3. The van der Waals surface area contributed by atoms with Crippen LogP contribution in [0, 0.1) is 6.92 Å². The summed E-state index contributed by atoms with van der Waals surface area (Å²) in [5.74, 6) is 0.789. The molecule has 200 valence electrons. The predicted octanol–water partition coefficient (Wildman–Crippen LogP) is 5.24. The first-order chi connectivity index (χ1) is 18.3. The molecule has 0 saturated heterocycles. The van der Waals surface area contributed by atoms with Crippen molar-refractivity contribution in [1.29, 1.82) is 0 Å². The lowest BCUT2D eigenvalue weighted by Crippen LogP contribution is -2.20. The van der Waals surface area contributed by atoms with Crippen molar-refractivity contribution in [3.63, 3.8) is 0 Å². The van der Waals surface area contributed by atoms with Crippen molar-refractivity contribution in [2.75, 3.05) is 32.2 Å². The molecule has 0 aliphatic heterocycles. The van der Waals surface area contributed by atoms with Crippen molar-refractivity contribution in [3.05, 3.63) is 76.3 Å². The summed E-state index contributed by atoms with van der Waals surface area (Å²) in [7, 11) is 1.50. The van der Waals surface area contributed by atoms with E-state index in [0.717, 1.165) is 5.56 Å². The standard InChI is InChI=1S/C28H30ClN3O6/c1-5-36-23-11-10-20(15-24(23)35-4)28(34)32-30-16-19-13-22(29)27(25(14-19)37-6-2)38-17-26(33)31-21-9-7-8-18(3)12-21/h7-16H,5-6,17H2,1-4H3,(H,31,33)(H,32,34)/b30-16+. The average Bonchev–Trinajstić information content (AvgIpc) is 2.88. The second-order valence-corrected chi connectivity index (χ2v) is 8.37. The van der Waals surface area contributed by atoms with Crippen LogP contribution in [-0.4, -0.2) is 45.0 Å². The molecule has 0 spiro atoms. The first kappa shape index (κ1) is 28.3. The fourth-order valence-corrected chi connectivity index (χ4v) is 3.71. The Morgan fingerprint density at radius 3 is 2.42 bits per heavy atom. The van der Waals surface area contributed by atoms with Crippen molar-refractivity contribution in [2.45, 2.75) is 20.8 Å². The van der Waals surface area contributed by atoms with E-state index in [0.29, 0.717) is 47.3 Å². The summed E-state index contributed by atoms with van der Waals surface area (Å²) in [6.45, 7) is 6.17. The molecule has 0 heterocycles. The zero-order valence-electron chi connectivity index (χ0n) is 21.7. The SMILES string of the molecule is CCOc1ccc(C(=O)N/N=C/c2cc(Cl)c(OCC(=O)Nc3cccc(C)c3)c(OCC)c2)cc1OC. The highest BCUT2D eigenvalue weighted by molar-refractivity contribution is 6.32. The minimum atomic E-state index is -0.432. The minimum Gasteiger partial charge on any atom is -0.493 e. The highest BCUT2D eigenvalue weighted by atomic mass is 35.5.